The maximum absolute atomic E-state index is 10.2. The fraction of sp³-hybridized carbons (Fsp3) is 0.750. The molecule has 0 bridgehead atoms. The molecule has 0 aromatic heterocycles. The van der Waals surface area contributed by atoms with Gasteiger partial charge in [0.25, 0.3) is 0 Å². The van der Waals surface area contributed by atoms with Crippen LogP contribution in [0.5, 0.6) is 0 Å². The molecule has 0 aliphatic rings. The molecule has 0 aromatic carbocycles. The van der Waals surface area contributed by atoms with Crippen molar-refractivity contribution in [2.45, 2.75) is 0 Å². The molecule has 0 atom stereocenters. The van der Waals surface area contributed by atoms with E-state index in [1.807, 2.05) is 0 Å². The Morgan fingerprint density at radius 2 is 2.38 bits per heavy atom. The van der Waals surface area contributed by atoms with Gasteiger partial charge < -0.3 is 15.7 Å². The van der Waals surface area contributed by atoms with E-state index in [0.29, 0.717) is 6.54 Å². The molecule has 4 nitrogen and oxygen atoms in total. The zero-order chi connectivity index (χ0) is 6.41. The van der Waals surface area contributed by atoms with Gasteiger partial charge in [0, 0.05) is 13.6 Å². The first kappa shape index (κ1) is 7.23. The molecule has 0 aliphatic heterocycles. The van der Waals surface area contributed by atoms with Gasteiger partial charge in [-0.25, -0.2) is 4.79 Å². The van der Waals surface area contributed by atoms with E-state index in [9.17, 15) is 4.79 Å². The molecule has 0 saturated heterocycles. The van der Waals surface area contributed by atoms with Crippen molar-refractivity contribution in [3.8, 4) is 0 Å². The lowest BCUT2D eigenvalue weighted by Crippen LogP contribution is -2.34. The second-order valence-electron chi connectivity index (χ2n) is 1.23. The fourth-order valence-corrected chi connectivity index (χ4v) is 0.258. The number of hydrogen-bond donors (Lipinski definition) is 3. The summed E-state index contributed by atoms with van der Waals surface area (Å²) in [7, 11) is 1.52. The first-order valence-corrected chi connectivity index (χ1v) is 2.37. The summed E-state index contributed by atoms with van der Waals surface area (Å²) in [6.45, 7) is 0.285. The summed E-state index contributed by atoms with van der Waals surface area (Å²) in [6, 6.07) is -0.265. The van der Waals surface area contributed by atoms with Crippen molar-refractivity contribution < 1.29 is 9.90 Å². The third-order valence-electron chi connectivity index (χ3n) is 0.624. The van der Waals surface area contributed by atoms with Gasteiger partial charge in [0.05, 0.1) is 6.61 Å². The number of amides is 2. The van der Waals surface area contributed by atoms with Crippen LogP contribution in [0.4, 0.5) is 4.79 Å². The summed E-state index contributed by atoms with van der Waals surface area (Å²) >= 11 is 0. The van der Waals surface area contributed by atoms with Crippen molar-refractivity contribution in [3.63, 3.8) is 0 Å². The second-order valence-corrected chi connectivity index (χ2v) is 1.23. The lowest BCUT2D eigenvalue weighted by molar-refractivity contribution is 0.236. The van der Waals surface area contributed by atoms with E-state index in [0.717, 1.165) is 0 Å². The smallest absolute Gasteiger partial charge is 0.314 e. The van der Waals surface area contributed by atoms with Gasteiger partial charge in [-0.2, -0.15) is 0 Å². The molecule has 4 heteroatoms. The Morgan fingerprint density at radius 3 is 2.75 bits per heavy atom. The summed E-state index contributed by atoms with van der Waals surface area (Å²) in [6.07, 6.45) is 0. The summed E-state index contributed by atoms with van der Waals surface area (Å²) in [5, 5.41) is 12.9. The molecule has 48 valence electrons. The Hall–Kier alpha value is -0.770. The van der Waals surface area contributed by atoms with Crippen LogP contribution >= 0.6 is 0 Å². The Kier molecular flexibility index (Phi) is 3.97. The Morgan fingerprint density at radius 1 is 1.75 bits per heavy atom. The maximum atomic E-state index is 10.2. The summed E-state index contributed by atoms with van der Waals surface area (Å²) in [5.74, 6) is 0. The molecule has 0 aromatic rings. The minimum absolute atomic E-state index is 0.0204. The van der Waals surface area contributed by atoms with Crippen molar-refractivity contribution in [2.75, 3.05) is 20.2 Å². The van der Waals surface area contributed by atoms with E-state index in [2.05, 4.69) is 10.6 Å². The molecule has 0 heterocycles. The molecule has 8 heavy (non-hydrogen) atoms. The van der Waals surface area contributed by atoms with Gasteiger partial charge in [-0.1, -0.05) is 0 Å². The van der Waals surface area contributed by atoms with Crippen LogP contribution in [0.3, 0.4) is 0 Å². The minimum Gasteiger partial charge on any atom is -0.395 e. The fourth-order valence-electron chi connectivity index (χ4n) is 0.258. The lowest BCUT2D eigenvalue weighted by Gasteiger charge is -1.98. The Bertz CT molecular complexity index is 74.4. The third-order valence-corrected chi connectivity index (χ3v) is 0.624. The van der Waals surface area contributed by atoms with Crippen molar-refractivity contribution in [1.82, 2.24) is 10.6 Å². The van der Waals surface area contributed by atoms with Gasteiger partial charge in [0.1, 0.15) is 0 Å². The number of aliphatic hydroxyl groups is 1. The first-order chi connectivity index (χ1) is 3.81. The van der Waals surface area contributed by atoms with Crippen LogP contribution in [-0.4, -0.2) is 31.3 Å². The van der Waals surface area contributed by atoms with E-state index in [4.69, 9.17) is 5.11 Å². The summed E-state index contributed by atoms with van der Waals surface area (Å²) in [4.78, 5) is 10.2. The van der Waals surface area contributed by atoms with Crippen LogP contribution < -0.4 is 10.6 Å². The van der Waals surface area contributed by atoms with E-state index in [1.165, 1.54) is 7.05 Å². The van der Waals surface area contributed by atoms with Gasteiger partial charge >= 0.3 is 6.03 Å². The highest BCUT2D eigenvalue weighted by atomic mass is 16.3. The van der Waals surface area contributed by atoms with Crippen molar-refractivity contribution in [3.05, 3.63) is 0 Å². The molecule has 0 saturated carbocycles. The number of urea groups is 1. The predicted molar refractivity (Wildman–Crippen MR) is 29.5 cm³/mol. The van der Waals surface area contributed by atoms with Gasteiger partial charge in [0.2, 0.25) is 0 Å². The Balaban J connectivity index is 2.99. The quantitative estimate of drug-likeness (QED) is 0.431. The van der Waals surface area contributed by atoms with Crippen molar-refractivity contribution >= 4 is 6.03 Å². The van der Waals surface area contributed by atoms with Crippen LogP contribution in [0.2, 0.25) is 0 Å². The van der Waals surface area contributed by atoms with Crippen LogP contribution in [-0.2, 0) is 0 Å². The highest BCUT2D eigenvalue weighted by Gasteiger charge is 1.89. The number of carbonyl (C=O) groups excluding carboxylic acids is 1. The molecule has 0 radical (unpaired) electrons. The number of nitrogens with one attached hydrogen (secondary N) is 2. The third kappa shape index (κ3) is 3.42. The molecule has 0 aliphatic carbocycles. The summed E-state index contributed by atoms with van der Waals surface area (Å²) in [5.41, 5.74) is 0. The average molecular weight is 118 g/mol. The SMILES string of the molecule is CNC(=O)NCCO. The van der Waals surface area contributed by atoms with Gasteiger partial charge in [-0.05, 0) is 0 Å². The first-order valence-electron chi connectivity index (χ1n) is 2.37. The predicted octanol–water partition coefficient (Wildman–Crippen LogP) is -1.09. The second kappa shape index (κ2) is 4.39. The van der Waals surface area contributed by atoms with Crippen LogP contribution in [0.15, 0.2) is 0 Å². The van der Waals surface area contributed by atoms with Gasteiger partial charge in [0.15, 0.2) is 0 Å². The van der Waals surface area contributed by atoms with Crippen molar-refractivity contribution in [2.24, 2.45) is 0 Å². The van der Waals surface area contributed by atoms with Crippen LogP contribution in [0.25, 0.3) is 0 Å². The zero-order valence-electron chi connectivity index (χ0n) is 4.77. The van der Waals surface area contributed by atoms with Crippen LogP contribution in [0, 0.1) is 0 Å². The molecule has 0 rings (SSSR count). The molecule has 0 unspecified atom stereocenters. The van der Waals surface area contributed by atoms with Crippen LogP contribution in [0.1, 0.15) is 0 Å². The lowest BCUT2D eigenvalue weighted by atomic mass is 10.7. The van der Waals surface area contributed by atoms with Gasteiger partial charge in [-0.15, -0.1) is 0 Å². The molecule has 3 N–H and O–H groups in total. The van der Waals surface area contributed by atoms with E-state index in [1.54, 1.807) is 0 Å². The zero-order valence-corrected chi connectivity index (χ0v) is 4.77. The monoisotopic (exact) mass is 118 g/mol. The molecular formula is C4H10N2O2. The Labute approximate surface area is 47.9 Å². The molecule has 0 fully saturated rings. The largest absolute Gasteiger partial charge is 0.395 e. The normalized spacial score (nSPS) is 8.25. The standard InChI is InChI=1S/C4H10N2O2/c1-5-4(8)6-2-3-7/h7H,2-3H2,1H3,(H2,5,6,8). The van der Waals surface area contributed by atoms with E-state index < -0.39 is 0 Å². The highest BCUT2D eigenvalue weighted by molar-refractivity contribution is 5.73. The van der Waals surface area contributed by atoms with Crippen molar-refractivity contribution in [1.29, 1.82) is 0 Å². The number of hydrogen-bond acceptors (Lipinski definition) is 2. The van der Waals surface area contributed by atoms with E-state index in [-0.39, 0.29) is 12.6 Å². The highest BCUT2D eigenvalue weighted by Crippen LogP contribution is 1.57. The van der Waals surface area contributed by atoms with Gasteiger partial charge in [-0.3, -0.25) is 0 Å². The van der Waals surface area contributed by atoms with E-state index >= 15 is 0 Å². The molecule has 0 spiro atoms. The number of carbonyl (C=O) groups is 1. The molecule has 2 amide bonds. The number of rotatable bonds is 2. The average Bonchev–Trinajstić information content (AvgIpc) is 1.83. The number of aliphatic hydroxyl groups excluding tert-OH is 1. The minimum atomic E-state index is -0.265. The summed E-state index contributed by atoms with van der Waals surface area (Å²) < 4.78 is 0. The maximum Gasteiger partial charge on any atom is 0.314 e. The topological polar surface area (TPSA) is 61.4 Å². The molecular weight excluding hydrogens is 108 g/mol.